The fraction of sp³-hybridized carbons (Fsp3) is 0.909. The molecule has 2 unspecified atom stereocenters. The van der Waals surface area contributed by atoms with Crippen molar-refractivity contribution in [1.82, 2.24) is 10.6 Å². The van der Waals surface area contributed by atoms with Crippen LogP contribution in [0.1, 0.15) is 25.7 Å². The Morgan fingerprint density at radius 3 is 2.88 bits per heavy atom. The molecular weight excluding hydrogens is 224 g/mol. The van der Waals surface area contributed by atoms with Gasteiger partial charge in [0.2, 0.25) is 5.91 Å². The Morgan fingerprint density at radius 2 is 2.25 bits per heavy atom. The van der Waals surface area contributed by atoms with Crippen LogP contribution in [-0.4, -0.2) is 41.3 Å². The molecule has 1 aliphatic heterocycles. The molecule has 1 saturated carbocycles. The number of hydrogen-bond donors (Lipinski definition) is 3. The predicted octanol–water partition coefficient (Wildman–Crippen LogP) is 0.316. The Hall–Kier alpha value is -0.260. The maximum atomic E-state index is 11.7. The summed E-state index contributed by atoms with van der Waals surface area (Å²) >= 11 is 1.74. The SMILES string of the molecule is O=C(NCC(O)C1CCCC1)C1CSCN1. The molecule has 1 saturated heterocycles. The van der Waals surface area contributed by atoms with Gasteiger partial charge < -0.3 is 10.4 Å². The van der Waals surface area contributed by atoms with E-state index in [0.717, 1.165) is 24.5 Å². The van der Waals surface area contributed by atoms with Crippen molar-refractivity contribution in [2.75, 3.05) is 18.2 Å². The molecule has 1 amide bonds. The van der Waals surface area contributed by atoms with E-state index in [9.17, 15) is 9.90 Å². The zero-order valence-electron chi connectivity index (χ0n) is 9.45. The largest absolute Gasteiger partial charge is 0.391 e. The highest BCUT2D eigenvalue weighted by Gasteiger charge is 2.26. The monoisotopic (exact) mass is 244 g/mol. The Morgan fingerprint density at radius 1 is 1.50 bits per heavy atom. The molecule has 1 aliphatic carbocycles. The topological polar surface area (TPSA) is 61.4 Å². The molecule has 0 aromatic carbocycles. The second-order valence-corrected chi connectivity index (χ2v) is 5.66. The molecule has 1 heterocycles. The van der Waals surface area contributed by atoms with E-state index in [1.165, 1.54) is 12.8 Å². The highest BCUT2D eigenvalue weighted by Crippen LogP contribution is 2.27. The molecule has 2 aliphatic rings. The van der Waals surface area contributed by atoms with Crippen LogP contribution >= 0.6 is 11.8 Å². The molecule has 5 heteroatoms. The first-order chi connectivity index (χ1) is 7.77. The molecule has 2 rings (SSSR count). The quantitative estimate of drug-likeness (QED) is 0.666. The molecule has 92 valence electrons. The summed E-state index contributed by atoms with van der Waals surface area (Å²) in [7, 11) is 0. The van der Waals surface area contributed by atoms with Crippen LogP contribution in [-0.2, 0) is 4.79 Å². The summed E-state index contributed by atoms with van der Waals surface area (Å²) in [5, 5.41) is 15.9. The Bertz CT molecular complexity index is 238. The van der Waals surface area contributed by atoms with Gasteiger partial charge in [-0.1, -0.05) is 12.8 Å². The van der Waals surface area contributed by atoms with Crippen molar-refractivity contribution in [3.63, 3.8) is 0 Å². The summed E-state index contributed by atoms with van der Waals surface area (Å²) in [5.41, 5.74) is 0. The summed E-state index contributed by atoms with van der Waals surface area (Å²) in [6.07, 6.45) is 4.29. The molecule has 16 heavy (non-hydrogen) atoms. The van der Waals surface area contributed by atoms with E-state index in [2.05, 4.69) is 10.6 Å². The lowest BCUT2D eigenvalue weighted by Gasteiger charge is -2.19. The number of thioether (sulfide) groups is 1. The maximum Gasteiger partial charge on any atom is 0.238 e. The summed E-state index contributed by atoms with van der Waals surface area (Å²) < 4.78 is 0. The lowest BCUT2D eigenvalue weighted by atomic mass is 10.0. The van der Waals surface area contributed by atoms with Gasteiger partial charge >= 0.3 is 0 Å². The van der Waals surface area contributed by atoms with Crippen molar-refractivity contribution >= 4 is 17.7 Å². The second kappa shape index (κ2) is 5.89. The van der Waals surface area contributed by atoms with Gasteiger partial charge in [-0.2, -0.15) is 0 Å². The van der Waals surface area contributed by atoms with Gasteiger partial charge in [-0.15, -0.1) is 11.8 Å². The summed E-state index contributed by atoms with van der Waals surface area (Å²) in [5.74, 6) is 2.11. The highest BCUT2D eigenvalue weighted by atomic mass is 32.2. The van der Waals surface area contributed by atoms with E-state index in [1.54, 1.807) is 11.8 Å². The lowest BCUT2D eigenvalue weighted by molar-refractivity contribution is -0.123. The molecule has 2 atom stereocenters. The molecule has 3 N–H and O–H groups in total. The molecule has 2 fully saturated rings. The number of rotatable bonds is 4. The number of carbonyl (C=O) groups is 1. The first-order valence-electron chi connectivity index (χ1n) is 6.04. The van der Waals surface area contributed by atoms with Crippen molar-refractivity contribution in [3.8, 4) is 0 Å². The van der Waals surface area contributed by atoms with Gasteiger partial charge in [-0.25, -0.2) is 0 Å². The third-order valence-electron chi connectivity index (χ3n) is 3.46. The lowest BCUT2D eigenvalue weighted by Crippen LogP contribution is -2.45. The van der Waals surface area contributed by atoms with Gasteiger partial charge in [-0.3, -0.25) is 10.1 Å². The zero-order valence-corrected chi connectivity index (χ0v) is 10.3. The van der Waals surface area contributed by atoms with E-state index >= 15 is 0 Å². The van der Waals surface area contributed by atoms with Crippen molar-refractivity contribution in [1.29, 1.82) is 0 Å². The van der Waals surface area contributed by atoms with Crippen LogP contribution < -0.4 is 10.6 Å². The number of carbonyl (C=O) groups excluding carboxylic acids is 1. The van der Waals surface area contributed by atoms with Gasteiger partial charge in [-0.05, 0) is 18.8 Å². The van der Waals surface area contributed by atoms with Crippen molar-refractivity contribution in [2.45, 2.75) is 37.8 Å². The average molecular weight is 244 g/mol. The Balaban J connectivity index is 1.67. The maximum absolute atomic E-state index is 11.7. The Labute approximate surface area is 101 Å². The van der Waals surface area contributed by atoms with Gasteiger partial charge in [0.15, 0.2) is 0 Å². The fourth-order valence-corrected chi connectivity index (χ4v) is 3.34. The molecular formula is C11H20N2O2S. The van der Waals surface area contributed by atoms with Crippen LogP contribution in [0.5, 0.6) is 0 Å². The third kappa shape index (κ3) is 3.12. The first kappa shape index (κ1) is 12.2. The summed E-state index contributed by atoms with van der Waals surface area (Å²) in [4.78, 5) is 11.7. The number of nitrogens with one attached hydrogen (secondary N) is 2. The average Bonchev–Trinajstić information content (AvgIpc) is 2.95. The molecule has 0 spiro atoms. The molecule has 0 aromatic rings. The van der Waals surface area contributed by atoms with Crippen LogP contribution in [0.2, 0.25) is 0 Å². The summed E-state index contributed by atoms with van der Waals surface area (Å²) in [6, 6.07) is -0.0687. The molecule has 0 aromatic heterocycles. The van der Waals surface area contributed by atoms with Crippen LogP contribution in [0.3, 0.4) is 0 Å². The number of aliphatic hydroxyl groups excluding tert-OH is 1. The van der Waals surface area contributed by atoms with Gasteiger partial charge in [0.25, 0.3) is 0 Å². The van der Waals surface area contributed by atoms with E-state index in [-0.39, 0.29) is 18.1 Å². The van der Waals surface area contributed by atoms with Gasteiger partial charge in [0.1, 0.15) is 0 Å². The predicted molar refractivity (Wildman–Crippen MR) is 65.2 cm³/mol. The minimum absolute atomic E-state index is 0.0297. The van der Waals surface area contributed by atoms with Crippen LogP contribution in [0, 0.1) is 5.92 Å². The van der Waals surface area contributed by atoms with Crippen LogP contribution in [0.25, 0.3) is 0 Å². The number of hydrogen-bond acceptors (Lipinski definition) is 4. The highest BCUT2D eigenvalue weighted by molar-refractivity contribution is 7.99. The van der Waals surface area contributed by atoms with E-state index in [4.69, 9.17) is 0 Å². The number of aliphatic hydroxyl groups is 1. The van der Waals surface area contributed by atoms with Crippen molar-refractivity contribution in [2.24, 2.45) is 5.92 Å². The Kier molecular flexibility index (Phi) is 4.49. The molecule has 0 radical (unpaired) electrons. The second-order valence-electron chi connectivity index (χ2n) is 4.63. The smallest absolute Gasteiger partial charge is 0.238 e. The zero-order chi connectivity index (χ0) is 11.4. The van der Waals surface area contributed by atoms with Crippen LogP contribution in [0.4, 0.5) is 0 Å². The normalized spacial score (nSPS) is 28.2. The first-order valence-corrected chi connectivity index (χ1v) is 7.20. The van der Waals surface area contributed by atoms with E-state index < -0.39 is 0 Å². The minimum atomic E-state index is -0.361. The van der Waals surface area contributed by atoms with Crippen molar-refractivity contribution in [3.05, 3.63) is 0 Å². The van der Waals surface area contributed by atoms with E-state index in [0.29, 0.717) is 12.5 Å². The van der Waals surface area contributed by atoms with E-state index in [1.807, 2.05) is 0 Å². The fourth-order valence-electron chi connectivity index (χ4n) is 2.40. The summed E-state index contributed by atoms with van der Waals surface area (Å²) in [6.45, 7) is 0.409. The third-order valence-corrected chi connectivity index (χ3v) is 4.40. The van der Waals surface area contributed by atoms with Gasteiger partial charge in [0.05, 0.1) is 12.1 Å². The standard InChI is InChI=1S/C11H20N2O2S/c14-10(8-3-1-2-4-8)5-12-11(15)9-6-16-7-13-9/h8-10,13-14H,1-7H2,(H,12,15). The van der Waals surface area contributed by atoms with Crippen molar-refractivity contribution < 1.29 is 9.90 Å². The van der Waals surface area contributed by atoms with Gasteiger partial charge in [0, 0.05) is 18.2 Å². The minimum Gasteiger partial charge on any atom is -0.391 e. The molecule has 4 nitrogen and oxygen atoms in total. The molecule has 0 bridgehead atoms. The van der Waals surface area contributed by atoms with Crippen LogP contribution in [0.15, 0.2) is 0 Å². The number of amides is 1.